The molecule has 19 heavy (non-hydrogen) atoms. The van der Waals surface area contributed by atoms with Crippen LogP contribution >= 0.6 is 11.6 Å². The number of nitrogen functional groups attached to an aromatic ring is 1. The van der Waals surface area contributed by atoms with E-state index in [4.69, 9.17) is 22.1 Å². The highest BCUT2D eigenvalue weighted by Crippen LogP contribution is 2.33. The largest absolute Gasteiger partial charge is 0.492 e. The van der Waals surface area contributed by atoms with Gasteiger partial charge in [0.1, 0.15) is 5.75 Å². The summed E-state index contributed by atoms with van der Waals surface area (Å²) in [5, 5.41) is 2.98. The Morgan fingerprint density at radius 1 is 1.21 bits per heavy atom. The van der Waals surface area contributed by atoms with Crippen LogP contribution in [0.1, 0.15) is 6.92 Å². The average molecular weight is 281 g/mol. The third kappa shape index (κ3) is 2.90. The molecule has 3 nitrogen and oxygen atoms in total. The molecule has 0 saturated carbocycles. The quantitative estimate of drug-likeness (QED) is 0.825. The Labute approximate surface area is 116 Å². The average Bonchev–Trinajstić information content (AvgIpc) is 2.40. The van der Waals surface area contributed by atoms with Crippen molar-refractivity contribution in [2.75, 3.05) is 17.7 Å². The summed E-state index contributed by atoms with van der Waals surface area (Å²) >= 11 is 5.73. The molecule has 0 amide bonds. The molecule has 0 unspecified atom stereocenters. The van der Waals surface area contributed by atoms with Crippen molar-refractivity contribution < 1.29 is 9.13 Å². The van der Waals surface area contributed by atoms with E-state index in [1.54, 1.807) is 30.3 Å². The van der Waals surface area contributed by atoms with Crippen LogP contribution in [0.2, 0.25) is 5.02 Å². The predicted molar refractivity (Wildman–Crippen MR) is 76.7 cm³/mol. The Morgan fingerprint density at radius 2 is 1.89 bits per heavy atom. The number of hydrogen-bond donors (Lipinski definition) is 2. The van der Waals surface area contributed by atoms with Crippen molar-refractivity contribution in [3.05, 3.63) is 47.2 Å². The summed E-state index contributed by atoms with van der Waals surface area (Å²) in [6.45, 7) is 2.38. The molecule has 0 atom stereocenters. The normalized spacial score (nSPS) is 10.3. The molecule has 0 fully saturated rings. The Hall–Kier alpha value is -1.94. The Kier molecular flexibility index (Phi) is 4.12. The minimum atomic E-state index is -0.509. The van der Waals surface area contributed by atoms with Gasteiger partial charge in [0, 0.05) is 0 Å². The number of para-hydroxylation sites is 1. The second-order valence-electron chi connectivity index (χ2n) is 3.88. The SMILES string of the molecule is CCOc1cccc(Nc2cccc(Cl)c2F)c1N. The fraction of sp³-hybridized carbons (Fsp3) is 0.143. The first kappa shape index (κ1) is 13.5. The fourth-order valence-corrected chi connectivity index (χ4v) is 1.85. The summed E-state index contributed by atoms with van der Waals surface area (Å²) in [6.07, 6.45) is 0. The smallest absolute Gasteiger partial charge is 0.165 e. The molecule has 3 N–H and O–H groups in total. The Morgan fingerprint density at radius 3 is 2.63 bits per heavy atom. The van der Waals surface area contributed by atoms with Crippen LogP contribution in [0.5, 0.6) is 5.75 Å². The van der Waals surface area contributed by atoms with E-state index in [-0.39, 0.29) is 10.7 Å². The first-order valence-corrected chi connectivity index (χ1v) is 6.23. The minimum Gasteiger partial charge on any atom is -0.492 e. The molecule has 0 saturated heterocycles. The molecule has 5 heteroatoms. The van der Waals surface area contributed by atoms with Crippen LogP contribution in [0.25, 0.3) is 0 Å². The van der Waals surface area contributed by atoms with Gasteiger partial charge in [0.05, 0.1) is 28.7 Å². The van der Waals surface area contributed by atoms with Gasteiger partial charge in [0.25, 0.3) is 0 Å². The Balaban J connectivity index is 2.33. The van der Waals surface area contributed by atoms with Gasteiger partial charge in [-0.2, -0.15) is 0 Å². The lowest BCUT2D eigenvalue weighted by molar-refractivity contribution is 0.342. The van der Waals surface area contributed by atoms with Gasteiger partial charge in [-0.15, -0.1) is 0 Å². The molecule has 2 rings (SSSR count). The highest BCUT2D eigenvalue weighted by Gasteiger charge is 2.10. The van der Waals surface area contributed by atoms with Crippen molar-refractivity contribution in [1.82, 2.24) is 0 Å². The first-order valence-electron chi connectivity index (χ1n) is 5.85. The molecule has 0 aromatic heterocycles. The van der Waals surface area contributed by atoms with Gasteiger partial charge in [-0.1, -0.05) is 23.7 Å². The van der Waals surface area contributed by atoms with Gasteiger partial charge < -0.3 is 15.8 Å². The molecule has 0 aliphatic heterocycles. The lowest BCUT2D eigenvalue weighted by atomic mass is 10.2. The number of halogens is 2. The lowest BCUT2D eigenvalue weighted by Crippen LogP contribution is -2.02. The minimum absolute atomic E-state index is 0.0598. The summed E-state index contributed by atoms with van der Waals surface area (Å²) < 4.78 is 19.2. The zero-order chi connectivity index (χ0) is 13.8. The summed E-state index contributed by atoms with van der Waals surface area (Å²) in [6, 6.07) is 10.0. The van der Waals surface area contributed by atoms with E-state index < -0.39 is 5.82 Å². The zero-order valence-corrected chi connectivity index (χ0v) is 11.2. The van der Waals surface area contributed by atoms with Crippen LogP contribution in [0.4, 0.5) is 21.5 Å². The topological polar surface area (TPSA) is 47.3 Å². The second-order valence-corrected chi connectivity index (χ2v) is 4.28. The van der Waals surface area contributed by atoms with Gasteiger partial charge >= 0.3 is 0 Å². The van der Waals surface area contributed by atoms with Crippen LogP contribution < -0.4 is 15.8 Å². The summed E-state index contributed by atoms with van der Waals surface area (Å²) in [7, 11) is 0. The monoisotopic (exact) mass is 280 g/mol. The maximum Gasteiger partial charge on any atom is 0.165 e. The van der Waals surface area contributed by atoms with Crippen molar-refractivity contribution in [2.45, 2.75) is 6.92 Å². The molecular formula is C14H14ClFN2O. The van der Waals surface area contributed by atoms with Crippen molar-refractivity contribution in [3.8, 4) is 5.75 Å². The number of anilines is 3. The predicted octanol–water partition coefficient (Wildman–Crippen LogP) is 4.20. The standard InChI is InChI=1S/C14H14ClFN2O/c1-2-19-12-8-4-7-11(14(12)17)18-10-6-3-5-9(15)13(10)16/h3-8,18H,2,17H2,1H3. The van der Waals surface area contributed by atoms with Crippen molar-refractivity contribution >= 4 is 28.7 Å². The summed E-state index contributed by atoms with van der Waals surface area (Å²) in [4.78, 5) is 0. The van der Waals surface area contributed by atoms with E-state index in [2.05, 4.69) is 5.32 Å². The third-order valence-corrected chi connectivity index (χ3v) is 2.88. The van der Waals surface area contributed by atoms with Gasteiger partial charge in [0.2, 0.25) is 0 Å². The molecule has 0 spiro atoms. The van der Waals surface area contributed by atoms with Crippen LogP contribution in [0.15, 0.2) is 36.4 Å². The van der Waals surface area contributed by atoms with Crippen LogP contribution in [0.3, 0.4) is 0 Å². The maximum absolute atomic E-state index is 13.8. The van der Waals surface area contributed by atoms with E-state index in [9.17, 15) is 4.39 Å². The van der Waals surface area contributed by atoms with Crippen LogP contribution in [-0.2, 0) is 0 Å². The first-order chi connectivity index (χ1) is 9.13. The zero-order valence-electron chi connectivity index (χ0n) is 10.4. The fourth-order valence-electron chi connectivity index (χ4n) is 1.68. The number of benzene rings is 2. The second kappa shape index (κ2) is 5.80. The summed E-state index contributed by atoms with van der Waals surface area (Å²) in [5.74, 6) is 0.0558. The van der Waals surface area contributed by atoms with Crippen molar-refractivity contribution in [3.63, 3.8) is 0 Å². The number of nitrogens with one attached hydrogen (secondary N) is 1. The summed E-state index contributed by atoms with van der Waals surface area (Å²) in [5.41, 5.74) is 7.24. The van der Waals surface area contributed by atoms with Crippen LogP contribution in [-0.4, -0.2) is 6.61 Å². The molecule has 0 bridgehead atoms. The van der Waals surface area contributed by atoms with Crippen molar-refractivity contribution in [2.24, 2.45) is 0 Å². The Bertz CT molecular complexity index is 590. The van der Waals surface area contributed by atoms with Gasteiger partial charge in [-0.25, -0.2) is 4.39 Å². The van der Waals surface area contributed by atoms with Gasteiger partial charge in [-0.3, -0.25) is 0 Å². The molecule has 2 aromatic rings. The highest BCUT2D eigenvalue weighted by atomic mass is 35.5. The van der Waals surface area contributed by atoms with E-state index in [1.165, 1.54) is 6.07 Å². The van der Waals surface area contributed by atoms with Crippen LogP contribution in [0, 0.1) is 5.82 Å². The molecule has 100 valence electrons. The number of ether oxygens (including phenoxy) is 1. The molecule has 0 aliphatic carbocycles. The van der Waals surface area contributed by atoms with E-state index in [0.717, 1.165) is 0 Å². The van der Waals surface area contributed by atoms with E-state index in [1.807, 2.05) is 6.92 Å². The number of hydrogen-bond acceptors (Lipinski definition) is 3. The number of nitrogens with two attached hydrogens (primary N) is 1. The molecule has 0 heterocycles. The number of rotatable bonds is 4. The molecule has 0 radical (unpaired) electrons. The van der Waals surface area contributed by atoms with E-state index in [0.29, 0.717) is 23.7 Å². The van der Waals surface area contributed by atoms with Crippen molar-refractivity contribution in [1.29, 1.82) is 0 Å². The third-order valence-electron chi connectivity index (χ3n) is 2.59. The lowest BCUT2D eigenvalue weighted by Gasteiger charge is -2.13. The molecule has 0 aliphatic rings. The van der Waals surface area contributed by atoms with Gasteiger partial charge in [-0.05, 0) is 31.2 Å². The van der Waals surface area contributed by atoms with Gasteiger partial charge in [0.15, 0.2) is 5.82 Å². The highest BCUT2D eigenvalue weighted by molar-refractivity contribution is 6.31. The maximum atomic E-state index is 13.8. The van der Waals surface area contributed by atoms with E-state index >= 15 is 0 Å². The molecule has 2 aromatic carbocycles. The molecular weight excluding hydrogens is 267 g/mol.